The van der Waals surface area contributed by atoms with Gasteiger partial charge < -0.3 is 14.8 Å². The second-order valence-corrected chi connectivity index (χ2v) is 6.83. The van der Waals surface area contributed by atoms with Crippen LogP contribution in [0, 0.1) is 5.82 Å². The molecular formula is C20H22FN3O5S. The van der Waals surface area contributed by atoms with Gasteiger partial charge in [-0.05, 0) is 49.4 Å². The fourth-order valence-electron chi connectivity index (χ4n) is 2.29. The summed E-state index contributed by atoms with van der Waals surface area (Å²) in [6, 6.07) is 10.0. The molecule has 160 valence electrons. The van der Waals surface area contributed by atoms with E-state index in [1.54, 1.807) is 12.1 Å². The van der Waals surface area contributed by atoms with Crippen LogP contribution in [0.1, 0.15) is 17.3 Å². The van der Waals surface area contributed by atoms with E-state index in [1.807, 2.05) is 6.92 Å². The first-order valence-electron chi connectivity index (χ1n) is 8.96. The van der Waals surface area contributed by atoms with Crippen LogP contribution < -0.4 is 25.6 Å². The van der Waals surface area contributed by atoms with Crippen molar-refractivity contribution < 1.29 is 28.2 Å². The Morgan fingerprint density at radius 2 is 1.67 bits per heavy atom. The molecule has 2 aromatic rings. The van der Waals surface area contributed by atoms with E-state index in [1.165, 1.54) is 37.4 Å². The Kier molecular flexibility index (Phi) is 8.95. The van der Waals surface area contributed by atoms with Gasteiger partial charge in [0.25, 0.3) is 5.91 Å². The number of amides is 3. The summed E-state index contributed by atoms with van der Waals surface area (Å²) in [6.45, 7) is 2.29. The zero-order chi connectivity index (χ0) is 21.9. The molecule has 0 unspecified atom stereocenters. The molecular weight excluding hydrogens is 413 g/mol. The average molecular weight is 435 g/mol. The number of ether oxygens (including phenoxy) is 2. The maximum Gasteiger partial charge on any atom is 0.269 e. The summed E-state index contributed by atoms with van der Waals surface area (Å²) in [6.07, 6.45) is 0. The summed E-state index contributed by atoms with van der Waals surface area (Å²) in [7, 11) is 1.46. The summed E-state index contributed by atoms with van der Waals surface area (Å²) >= 11 is 1.07. The van der Waals surface area contributed by atoms with Crippen LogP contribution >= 0.6 is 11.8 Å². The number of anilines is 1. The molecule has 30 heavy (non-hydrogen) atoms. The van der Waals surface area contributed by atoms with Gasteiger partial charge in [0.05, 0.1) is 25.2 Å². The Hall–Kier alpha value is -3.27. The summed E-state index contributed by atoms with van der Waals surface area (Å²) < 4.78 is 23.4. The van der Waals surface area contributed by atoms with Crippen LogP contribution in [0.15, 0.2) is 42.5 Å². The Morgan fingerprint density at radius 3 is 2.33 bits per heavy atom. The minimum absolute atomic E-state index is 0.0227. The minimum atomic E-state index is -0.524. The molecule has 3 amide bonds. The lowest BCUT2D eigenvalue weighted by molar-refractivity contribution is -0.119. The smallest absolute Gasteiger partial charge is 0.269 e. The van der Waals surface area contributed by atoms with Crippen molar-refractivity contribution in [1.82, 2.24) is 10.9 Å². The van der Waals surface area contributed by atoms with Gasteiger partial charge in [0.1, 0.15) is 5.82 Å². The highest BCUT2D eigenvalue weighted by Gasteiger charge is 2.12. The Morgan fingerprint density at radius 1 is 0.967 bits per heavy atom. The number of halogens is 1. The lowest BCUT2D eigenvalue weighted by Gasteiger charge is -2.11. The van der Waals surface area contributed by atoms with Crippen LogP contribution in [0.5, 0.6) is 11.5 Å². The summed E-state index contributed by atoms with van der Waals surface area (Å²) in [5.41, 5.74) is 5.33. The lowest BCUT2D eigenvalue weighted by Crippen LogP contribution is -2.42. The van der Waals surface area contributed by atoms with Gasteiger partial charge in [-0.1, -0.05) is 0 Å². The molecule has 0 fully saturated rings. The van der Waals surface area contributed by atoms with Crippen molar-refractivity contribution in [2.24, 2.45) is 0 Å². The molecule has 0 bridgehead atoms. The van der Waals surface area contributed by atoms with Crippen molar-refractivity contribution in [3.8, 4) is 11.5 Å². The molecule has 2 rings (SSSR count). The third kappa shape index (κ3) is 7.28. The first-order chi connectivity index (χ1) is 14.4. The van der Waals surface area contributed by atoms with Crippen molar-refractivity contribution in [2.45, 2.75) is 6.92 Å². The van der Waals surface area contributed by atoms with Crippen LogP contribution in [0.3, 0.4) is 0 Å². The fraction of sp³-hybridized carbons (Fsp3) is 0.250. The second-order valence-electron chi connectivity index (χ2n) is 5.85. The zero-order valence-electron chi connectivity index (χ0n) is 16.5. The molecule has 0 heterocycles. The molecule has 0 spiro atoms. The quantitative estimate of drug-likeness (QED) is 0.522. The standard InChI is InChI=1S/C20H22FN3O5S/c1-3-29-16-9-4-13(10-17(16)28-2)20(27)24-23-19(26)12-30-11-18(25)22-15-7-5-14(21)6-8-15/h4-10H,3,11-12H2,1-2H3,(H,22,25)(H,23,26)(H,24,27). The highest BCUT2D eigenvalue weighted by atomic mass is 32.2. The van der Waals surface area contributed by atoms with Crippen LogP contribution in [0.25, 0.3) is 0 Å². The average Bonchev–Trinajstić information content (AvgIpc) is 2.74. The number of rotatable bonds is 9. The van der Waals surface area contributed by atoms with Gasteiger partial charge in [-0.2, -0.15) is 0 Å². The topological polar surface area (TPSA) is 106 Å². The molecule has 0 saturated heterocycles. The first-order valence-corrected chi connectivity index (χ1v) is 10.1. The third-order valence-corrected chi connectivity index (χ3v) is 4.57. The number of hydrogen-bond donors (Lipinski definition) is 3. The van der Waals surface area contributed by atoms with Crippen molar-refractivity contribution in [3.63, 3.8) is 0 Å². The minimum Gasteiger partial charge on any atom is -0.493 e. The van der Waals surface area contributed by atoms with Gasteiger partial charge in [-0.25, -0.2) is 4.39 Å². The van der Waals surface area contributed by atoms with Gasteiger partial charge in [0.2, 0.25) is 11.8 Å². The van der Waals surface area contributed by atoms with E-state index in [9.17, 15) is 18.8 Å². The number of carbonyl (C=O) groups excluding carboxylic acids is 3. The van der Waals surface area contributed by atoms with E-state index in [-0.39, 0.29) is 23.0 Å². The number of nitrogens with one attached hydrogen (secondary N) is 3. The summed E-state index contributed by atoms with van der Waals surface area (Å²) in [5, 5.41) is 2.59. The van der Waals surface area contributed by atoms with Crippen molar-refractivity contribution in [2.75, 3.05) is 30.5 Å². The van der Waals surface area contributed by atoms with E-state index in [0.717, 1.165) is 11.8 Å². The van der Waals surface area contributed by atoms with Crippen LogP contribution in [0.2, 0.25) is 0 Å². The molecule has 0 atom stereocenters. The molecule has 0 radical (unpaired) electrons. The Labute approximate surface area is 177 Å². The molecule has 0 aliphatic rings. The van der Waals surface area contributed by atoms with Gasteiger partial charge in [0, 0.05) is 11.3 Å². The number of benzene rings is 2. The number of hydrazine groups is 1. The number of carbonyl (C=O) groups is 3. The van der Waals surface area contributed by atoms with E-state index in [0.29, 0.717) is 23.8 Å². The molecule has 3 N–H and O–H groups in total. The Bertz CT molecular complexity index is 893. The van der Waals surface area contributed by atoms with E-state index in [4.69, 9.17) is 9.47 Å². The summed E-state index contributed by atoms with van der Waals surface area (Å²) in [5.74, 6) is -0.827. The molecule has 0 aromatic heterocycles. The summed E-state index contributed by atoms with van der Waals surface area (Å²) in [4.78, 5) is 35.8. The van der Waals surface area contributed by atoms with Crippen molar-refractivity contribution in [1.29, 1.82) is 0 Å². The van der Waals surface area contributed by atoms with E-state index in [2.05, 4.69) is 16.2 Å². The molecule has 2 aromatic carbocycles. The zero-order valence-corrected chi connectivity index (χ0v) is 17.3. The molecule has 0 aliphatic heterocycles. The van der Waals surface area contributed by atoms with Crippen LogP contribution in [0.4, 0.5) is 10.1 Å². The van der Waals surface area contributed by atoms with E-state index >= 15 is 0 Å². The molecule has 8 nitrogen and oxygen atoms in total. The Balaban J connectivity index is 1.73. The van der Waals surface area contributed by atoms with E-state index < -0.39 is 17.6 Å². The van der Waals surface area contributed by atoms with Crippen molar-refractivity contribution in [3.05, 3.63) is 53.8 Å². The van der Waals surface area contributed by atoms with Crippen molar-refractivity contribution >= 4 is 35.2 Å². The molecule has 10 heteroatoms. The number of hydrogen-bond acceptors (Lipinski definition) is 6. The number of thioether (sulfide) groups is 1. The fourth-order valence-corrected chi connectivity index (χ4v) is 2.90. The van der Waals surface area contributed by atoms with Gasteiger partial charge in [-0.3, -0.25) is 25.2 Å². The first kappa shape index (κ1) is 23.0. The van der Waals surface area contributed by atoms with Crippen LogP contribution in [-0.2, 0) is 9.59 Å². The highest BCUT2D eigenvalue weighted by molar-refractivity contribution is 8.00. The maximum absolute atomic E-state index is 12.8. The second kappa shape index (κ2) is 11.7. The SMILES string of the molecule is CCOc1ccc(C(=O)NNC(=O)CSCC(=O)Nc2ccc(F)cc2)cc1OC. The molecule has 0 saturated carbocycles. The highest BCUT2D eigenvalue weighted by Crippen LogP contribution is 2.27. The molecule has 0 aliphatic carbocycles. The van der Waals surface area contributed by atoms with Gasteiger partial charge in [-0.15, -0.1) is 11.8 Å². The number of methoxy groups -OCH3 is 1. The normalized spacial score (nSPS) is 10.1. The van der Waals surface area contributed by atoms with Gasteiger partial charge >= 0.3 is 0 Å². The lowest BCUT2D eigenvalue weighted by atomic mass is 10.2. The maximum atomic E-state index is 12.8. The largest absolute Gasteiger partial charge is 0.493 e. The van der Waals surface area contributed by atoms with Gasteiger partial charge in [0.15, 0.2) is 11.5 Å². The monoisotopic (exact) mass is 435 g/mol. The predicted molar refractivity (Wildman–Crippen MR) is 112 cm³/mol. The van der Waals surface area contributed by atoms with Crippen LogP contribution in [-0.4, -0.2) is 42.9 Å². The predicted octanol–water partition coefficient (Wildman–Crippen LogP) is 2.37. The third-order valence-electron chi connectivity index (χ3n) is 3.64.